The van der Waals surface area contributed by atoms with Crippen molar-refractivity contribution in [1.29, 1.82) is 0 Å². The first-order valence-corrected chi connectivity index (χ1v) is 7.77. The molecule has 1 saturated carbocycles. The van der Waals surface area contributed by atoms with Gasteiger partial charge in [0.05, 0.1) is 18.8 Å². The molecule has 120 valence electrons. The maximum absolute atomic E-state index is 12.5. The first-order chi connectivity index (χ1) is 11.2. The van der Waals surface area contributed by atoms with Crippen LogP contribution in [0.4, 0.5) is 0 Å². The lowest BCUT2D eigenvalue weighted by Crippen LogP contribution is -2.41. The lowest BCUT2D eigenvalue weighted by Gasteiger charge is -2.38. The second-order valence-corrected chi connectivity index (χ2v) is 5.95. The largest absolute Gasteiger partial charge is 0.393 e. The van der Waals surface area contributed by atoms with Gasteiger partial charge in [0.15, 0.2) is 0 Å². The molecule has 1 unspecified atom stereocenters. The summed E-state index contributed by atoms with van der Waals surface area (Å²) in [5.74, 6) is -0.0482. The summed E-state index contributed by atoms with van der Waals surface area (Å²) >= 11 is 0. The number of aromatic nitrogens is 1. The Morgan fingerprint density at radius 2 is 2.00 bits per heavy atom. The normalized spacial score (nSPS) is 21.3. The zero-order chi connectivity index (χ0) is 16.2. The summed E-state index contributed by atoms with van der Waals surface area (Å²) < 4.78 is 0. The van der Waals surface area contributed by atoms with E-state index in [9.17, 15) is 15.0 Å². The van der Waals surface area contributed by atoms with Crippen molar-refractivity contribution in [1.82, 2.24) is 10.3 Å². The van der Waals surface area contributed by atoms with E-state index in [1.807, 2.05) is 30.3 Å². The van der Waals surface area contributed by atoms with Crippen LogP contribution in [0.5, 0.6) is 0 Å². The van der Waals surface area contributed by atoms with Gasteiger partial charge in [-0.2, -0.15) is 0 Å². The van der Waals surface area contributed by atoms with Crippen LogP contribution in [0, 0.1) is 5.92 Å². The average Bonchev–Trinajstić information content (AvgIpc) is 2.58. The molecule has 1 amide bonds. The summed E-state index contributed by atoms with van der Waals surface area (Å²) in [5.41, 5.74) is 1.97. The molecule has 1 aromatic carbocycles. The van der Waals surface area contributed by atoms with Crippen LogP contribution < -0.4 is 5.32 Å². The quantitative estimate of drug-likeness (QED) is 0.786. The number of carbonyl (C=O) groups excluding carboxylic acids is 1. The Balaban J connectivity index is 1.79. The average molecular weight is 312 g/mol. The SMILES string of the molecule is O=C(NC(c1ccccc1)C1CC(O)C1)c1cc(CO)ccn1. The van der Waals surface area contributed by atoms with Gasteiger partial charge < -0.3 is 15.5 Å². The fourth-order valence-corrected chi connectivity index (χ4v) is 2.95. The Labute approximate surface area is 135 Å². The van der Waals surface area contributed by atoms with Gasteiger partial charge in [0.2, 0.25) is 0 Å². The minimum atomic E-state index is -0.279. The maximum atomic E-state index is 12.5. The van der Waals surface area contributed by atoms with Crippen molar-refractivity contribution in [3.05, 3.63) is 65.5 Å². The molecular formula is C18H20N2O3. The number of aliphatic hydroxyl groups excluding tert-OH is 2. The van der Waals surface area contributed by atoms with E-state index in [4.69, 9.17) is 0 Å². The van der Waals surface area contributed by atoms with Crippen LogP contribution in [-0.4, -0.2) is 27.2 Å². The van der Waals surface area contributed by atoms with E-state index in [2.05, 4.69) is 10.3 Å². The maximum Gasteiger partial charge on any atom is 0.270 e. The minimum absolute atomic E-state index is 0.125. The zero-order valence-corrected chi connectivity index (χ0v) is 12.7. The molecule has 0 saturated heterocycles. The van der Waals surface area contributed by atoms with Crippen molar-refractivity contribution in [2.45, 2.75) is 31.6 Å². The van der Waals surface area contributed by atoms with Crippen molar-refractivity contribution >= 4 is 5.91 Å². The molecule has 0 bridgehead atoms. The molecule has 5 heteroatoms. The van der Waals surface area contributed by atoms with E-state index in [1.165, 1.54) is 6.20 Å². The topological polar surface area (TPSA) is 82.5 Å². The van der Waals surface area contributed by atoms with E-state index in [0.717, 1.165) is 5.56 Å². The Morgan fingerprint density at radius 3 is 2.65 bits per heavy atom. The predicted molar refractivity (Wildman–Crippen MR) is 85.5 cm³/mol. The van der Waals surface area contributed by atoms with Crippen LogP contribution in [0.1, 0.15) is 40.5 Å². The first-order valence-electron chi connectivity index (χ1n) is 7.77. The number of hydrogen-bond acceptors (Lipinski definition) is 4. The van der Waals surface area contributed by atoms with Crippen molar-refractivity contribution in [2.24, 2.45) is 5.92 Å². The molecule has 1 heterocycles. The van der Waals surface area contributed by atoms with E-state index in [-0.39, 0.29) is 36.3 Å². The molecular weight excluding hydrogens is 292 g/mol. The molecule has 1 aliphatic rings. The number of carbonyl (C=O) groups is 1. The molecule has 1 aliphatic carbocycles. The Kier molecular flexibility index (Phi) is 4.69. The highest BCUT2D eigenvalue weighted by Gasteiger charge is 2.35. The van der Waals surface area contributed by atoms with Crippen molar-refractivity contribution in [2.75, 3.05) is 0 Å². The van der Waals surface area contributed by atoms with Crippen molar-refractivity contribution in [3.8, 4) is 0 Å². The Bertz CT molecular complexity index is 669. The van der Waals surface area contributed by atoms with Crippen molar-refractivity contribution in [3.63, 3.8) is 0 Å². The number of hydrogen-bond donors (Lipinski definition) is 3. The van der Waals surface area contributed by atoms with Gasteiger partial charge >= 0.3 is 0 Å². The van der Waals surface area contributed by atoms with Crippen LogP contribution in [0.2, 0.25) is 0 Å². The molecule has 1 fully saturated rings. The summed E-state index contributed by atoms with van der Waals surface area (Å²) in [6.07, 6.45) is 2.61. The summed E-state index contributed by atoms with van der Waals surface area (Å²) in [6.45, 7) is -0.125. The minimum Gasteiger partial charge on any atom is -0.393 e. The molecule has 5 nitrogen and oxygen atoms in total. The van der Waals surface area contributed by atoms with Crippen LogP contribution >= 0.6 is 0 Å². The van der Waals surface area contributed by atoms with E-state index >= 15 is 0 Å². The third-order valence-corrected chi connectivity index (χ3v) is 4.31. The highest BCUT2D eigenvalue weighted by atomic mass is 16.3. The van der Waals surface area contributed by atoms with Crippen LogP contribution in [-0.2, 0) is 6.61 Å². The van der Waals surface area contributed by atoms with Gasteiger partial charge in [-0.15, -0.1) is 0 Å². The van der Waals surface area contributed by atoms with Gasteiger partial charge in [0, 0.05) is 6.20 Å². The molecule has 0 radical (unpaired) electrons. The summed E-state index contributed by atoms with van der Waals surface area (Å²) in [5, 5.41) is 21.8. The number of benzene rings is 1. The molecule has 0 spiro atoms. The second-order valence-electron chi connectivity index (χ2n) is 5.95. The number of rotatable bonds is 5. The zero-order valence-electron chi connectivity index (χ0n) is 12.7. The van der Waals surface area contributed by atoms with Crippen molar-refractivity contribution < 1.29 is 15.0 Å². The predicted octanol–water partition coefficient (Wildman–Crippen LogP) is 1.82. The van der Waals surface area contributed by atoms with Gasteiger partial charge in [-0.3, -0.25) is 9.78 Å². The Morgan fingerprint density at radius 1 is 1.26 bits per heavy atom. The highest BCUT2D eigenvalue weighted by Crippen LogP contribution is 2.38. The summed E-state index contributed by atoms with van der Waals surface area (Å²) in [6, 6.07) is 12.9. The number of pyridine rings is 1. The third kappa shape index (κ3) is 3.57. The number of aliphatic hydroxyl groups is 2. The molecule has 23 heavy (non-hydrogen) atoms. The fourth-order valence-electron chi connectivity index (χ4n) is 2.95. The van der Waals surface area contributed by atoms with Gasteiger partial charge in [0.25, 0.3) is 5.91 Å². The highest BCUT2D eigenvalue weighted by molar-refractivity contribution is 5.92. The van der Waals surface area contributed by atoms with Gasteiger partial charge in [-0.25, -0.2) is 0 Å². The van der Waals surface area contributed by atoms with Crippen LogP contribution in [0.15, 0.2) is 48.7 Å². The lowest BCUT2D eigenvalue weighted by atomic mass is 9.75. The smallest absolute Gasteiger partial charge is 0.270 e. The number of nitrogens with one attached hydrogen (secondary N) is 1. The summed E-state index contributed by atoms with van der Waals surface area (Å²) in [7, 11) is 0. The molecule has 2 aromatic rings. The first kappa shape index (κ1) is 15.6. The molecule has 3 N–H and O–H groups in total. The van der Waals surface area contributed by atoms with E-state index in [1.54, 1.807) is 12.1 Å². The van der Waals surface area contributed by atoms with Gasteiger partial charge in [-0.05, 0) is 42.0 Å². The second kappa shape index (κ2) is 6.89. The standard InChI is InChI=1S/C18H20N2O3/c21-11-12-6-7-19-16(8-12)18(23)20-17(14-9-15(22)10-14)13-4-2-1-3-5-13/h1-8,14-15,17,21-22H,9-11H2,(H,20,23). The van der Waals surface area contributed by atoms with Crippen LogP contribution in [0.3, 0.4) is 0 Å². The molecule has 0 aliphatic heterocycles. The van der Waals surface area contributed by atoms with Gasteiger partial charge in [-0.1, -0.05) is 30.3 Å². The lowest BCUT2D eigenvalue weighted by molar-refractivity contribution is 0.0234. The van der Waals surface area contributed by atoms with E-state index in [0.29, 0.717) is 18.4 Å². The third-order valence-electron chi connectivity index (χ3n) is 4.31. The van der Waals surface area contributed by atoms with E-state index < -0.39 is 0 Å². The number of amides is 1. The monoisotopic (exact) mass is 312 g/mol. The van der Waals surface area contributed by atoms with Gasteiger partial charge in [0.1, 0.15) is 5.69 Å². The number of nitrogens with zero attached hydrogens (tertiary/aromatic N) is 1. The van der Waals surface area contributed by atoms with Crippen LogP contribution in [0.25, 0.3) is 0 Å². The molecule has 1 atom stereocenters. The fraction of sp³-hybridized carbons (Fsp3) is 0.333. The molecule has 3 rings (SSSR count). The Hall–Kier alpha value is -2.24. The molecule has 1 aromatic heterocycles. The summed E-state index contributed by atoms with van der Waals surface area (Å²) in [4.78, 5) is 16.6.